The molecular formula is C7H11N3O2. The van der Waals surface area contributed by atoms with Crippen LogP contribution in [-0.4, -0.2) is 23.1 Å². The number of aromatic nitrogens is 2. The van der Waals surface area contributed by atoms with Crippen LogP contribution < -0.4 is 5.32 Å². The summed E-state index contributed by atoms with van der Waals surface area (Å²) in [6.45, 7) is 3.86. The first kappa shape index (κ1) is 8.70. The summed E-state index contributed by atoms with van der Waals surface area (Å²) in [6.07, 6.45) is 0. The van der Waals surface area contributed by atoms with Gasteiger partial charge in [0.15, 0.2) is 5.82 Å². The quantitative estimate of drug-likeness (QED) is 0.702. The van der Waals surface area contributed by atoms with Crippen LogP contribution in [0.25, 0.3) is 0 Å². The summed E-state index contributed by atoms with van der Waals surface area (Å²) < 4.78 is 4.71. The Kier molecular flexibility index (Phi) is 2.42. The van der Waals surface area contributed by atoms with Crippen LogP contribution in [0.2, 0.25) is 0 Å². The average molecular weight is 169 g/mol. The maximum Gasteiger partial charge on any atom is 0.315 e. The molecule has 66 valence electrons. The first-order chi connectivity index (χ1) is 5.65. The summed E-state index contributed by atoms with van der Waals surface area (Å²) in [6, 6.07) is 0. The van der Waals surface area contributed by atoms with Crippen LogP contribution in [0.4, 0.5) is 0 Å². The van der Waals surface area contributed by atoms with Crippen molar-refractivity contribution >= 4 is 5.91 Å². The molecule has 0 atom stereocenters. The van der Waals surface area contributed by atoms with E-state index in [0.29, 0.717) is 5.82 Å². The molecule has 0 unspecified atom stereocenters. The summed E-state index contributed by atoms with van der Waals surface area (Å²) in [4.78, 5) is 14.8. The van der Waals surface area contributed by atoms with Gasteiger partial charge in [-0.1, -0.05) is 19.0 Å². The van der Waals surface area contributed by atoms with Crippen molar-refractivity contribution in [2.75, 3.05) is 7.05 Å². The van der Waals surface area contributed by atoms with Crippen molar-refractivity contribution in [3.63, 3.8) is 0 Å². The third-order valence-corrected chi connectivity index (χ3v) is 1.38. The van der Waals surface area contributed by atoms with Gasteiger partial charge in [-0.3, -0.25) is 4.79 Å². The monoisotopic (exact) mass is 169 g/mol. The number of carbonyl (C=O) groups excluding carboxylic acids is 1. The molecule has 0 saturated heterocycles. The third-order valence-electron chi connectivity index (χ3n) is 1.38. The standard InChI is InChI=1S/C7H11N3O2/c1-4(2)5-9-7(12-10-5)6(11)8-3/h4H,1-3H3,(H,8,11). The van der Waals surface area contributed by atoms with E-state index in [2.05, 4.69) is 15.5 Å². The van der Waals surface area contributed by atoms with Gasteiger partial charge in [0.2, 0.25) is 0 Å². The molecule has 0 radical (unpaired) electrons. The minimum Gasteiger partial charge on any atom is -0.351 e. The fraction of sp³-hybridized carbons (Fsp3) is 0.571. The van der Waals surface area contributed by atoms with Crippen molar-refractivity contribution in [2.45, 2.75) is 19.8 Å². The highest BCUT2D eigenvalue weighted by atomic mass is 16.5. The van der Waals surface area contributed by atoms with Crippen LogP contribution >= 0.6 is 0 Å². The van der Waals surface area contributed by atoms with Crippen LogP contribution in [0.3, 0.4) is 0 Å². The zero-order valence-electron chi connectivity index (χ0n) is 7.29. The third kappa shape index (κ3) is 1.61. The van der Waals surface area contributed by atoms with Crippen LogP contribution in [-0.2, 0) is 0 Å². The van der Waals surface area contributed by atoms with E-state index in [1.165, 1.54) is 7.05 Å². The first-order valence-electron chi connectivity index (χ1n) is 3.71. The first-order valence-corrected chi connectivity index (χ1v) is 3.71. The van der Waals surface area contributed by atoms with Crippen LogP contribution in [0.15, 0.2) is 4.52 Å². The molecule has 1 aromatic rings. The smallest absolute Gasteiger partial charge is 0.315 e. The SMILES string of the molecule is CNC(=O)c1nc(C(C)C)no1. The van der Waals surface area contributed by atoms with Gasteiger partial charge in [0.1, 0.15) is 0 Å². The highest BCUT2D eigenvalue weighted by molar-refractivity contribution is 5.89. The maximum atomic E-state index is 10.9. The molecule has 0 aromatic carbocycles. The molecular weight excluding hydrogens is 158 g/mol. The Morgan fingerprint density at radius 2 is 2.25 bits per heavy atom. The van der Waals surface area contributed by atoms with Gasteiger partial charge < -0.3 is 9.84 Å². The molecule has 1 heterocycles. The van der Waals surface area contributed by atoms with E-state index in [1.54, 1.807) is 0 Å². The summed E-state index contributed by atoms with van der Waals surface area (Å²) in [5.41, 5.74) is 0. The second-order valence-electron chi connectivity index (χ2n) is 2.69. The van der Waals surface area contributed by atoms with Gasteiger partial charge in [-0.2, -0.15) is 4.98 Å². The van der Waals surface area contributed by atoms with Crippen LogP contribution in [0.1, 0.15) is 36.3 Å². The zero-order valence-corrected chi connectivity index (χ0v) is 7.29. The Morgan fingerprint density at radius 3 is 2.67 bits per heavy atom. The Bertz CT molecular complexity index is 280. The van der Waals surface area contributed by atoms with Gasteiger partial charge in [-0.05, 0) is 0 Å². The largest absolute Gasteiger partial charge is 0.351 e. The molecule has 1 N–H and O–H groups in total. The van der Waals surface area contributed by atoms with E-state index in [1.807, 2.05) is 13.8 Å². The lowest BCUT2D eigenvalue weighted by Crippen LogP contribution is -2.18. The molecule has 0 bridgehead atoms. The fourth-order valence-electron chi connectivity index (χ4n) is 0.669. The van der Waals surface area contributed by atoms with Gasteiger partial charge in [-0.15, -0.1) is 0 Å². The molecule has 0 spiro atoms. The van der Waals surface area contributed by atoms with Crippen molar-refractivity contribution < 1.29 is 9.32 Å². The Balaban J connectivity index is 2.84. The summed E-state index contributed by atoms with van der Waals surface area (Å²) in [5.74, 6) is 0.386. The van der Waals surface area contributed by atoms with E-state index < -0.39 is 0 Å². The normalized spacial score (nSPS) is 10.3. The molecule has 0 aliphatic heterocycles. The highest BCUT2D eigenvalue weighted by Crippen LogP contribution is 2.08. The van der Waals surface area contributed by atoms with Gasteiger partial charge in [0, 0.05) is 13.0 Å². The van der Waals surface area contributed by atoms with E-state index in [0.717, 1.165) is 0 Å². The molecule has 12 heavy (non-hydrogen) atoms. The lowest BCUT2D eigenvalue weighted by molar-refractivity contribution is 0.0919. The topological polar surface area (TPSA) is 68.0 Å². The lowest BCUT2D eigenvalue weighted by Gasteiger charge is -1.92. The number of carbonyl (C=O) groups is 1. The minimum absolute atomic E-state index is 0.0150. The number of nitrogens with zero attached hydrogens (tertiary/aromatic N) is 2. The van der Waals surface area contributed by atoms with Crippen molar-refractivity contribution in [1.29, 1.82) is 0 Å². The van der Waals surface area contributed by atoms with Crippen molar-refractivity contribution in [2.24, 2.45) is 0 Å². The van der Waals surface area contributed by atoms with Gasteiger partial charge in [0.25, 0.3) is 0 Å². The number of hydrogen-bond donors (Lipinski definition) is 1. The van der Waals surface area contributed by atoms with Crippen LogP contribution in [0, 0.1) is 0 Å². The number of nitrogens with one attached hydrogen (secondary N) is 1. The van der Waals surface area contributed by atoms with Crippen molar-refractivity contribution in [3.8, 4) is 0 Å². The molecule has 5 heteroatoms. The van der Waals surface area contributed by atoms with Crippen molar-refractivity contribution in [3.05, 3.63) is 11.7 Å². The molecule has 5 nitrogen and oxygen atoms in total. The summed E-state index contributed by atoms with van der Waals surface area (Å²) in [5, 5.41) is 6.04. The Morgan fingerprint density at radius 1 is 1.58 bits per heavy atom. The van der Waals surface area contributed by atoms with Crippen LogP contribution in [0.5, 0.6) is 0 Å². The summed E-state index contributed by atoms with van der Waals surface area (Å²) >= 11 is 0. The van der Waals surface area contributed by atoms with Crippen molar-refractivity contribution in [1.82, 2.24) is 15.5 Å². The maximum absolute atomic E-state index is 10.9. The highest BCUT2D eigenvalue weighted by Gasteiger charge is 2.14. The molecule has 1 rings (SSSR count). The van der Waals surface area contributed by atoms with Gasteiger partial charge in [0.05, 0.1) is 0 Å². The van der Waals surface area contributed by atoms with E-state index in [-0.39, 0.29) is 17.7 Å². The number of amides is 1. The Labute approximate surface area is 70.2 Å². The fourth-order valence-corrected chi connectivity index (χ4v) is 0.669. The second-order valence-corrected chi connectivity index (χ2v) is 2.69. The predicted octanol–water partition coefficient (Wildman–Crippen LogP) is 0.553. The average Bonchev–Trinajstić information content (AvgIpc) is 2.51. The lowest BCUT2D eigenvalue weighted by atomic mass is 10.2. The zero-order chi connectivity index (χ0) is 9.14. The molecule has 1 aromatic heterocycles. The minimum atomic E-state index is -0.352. The molecule has 1 amide bonds. The second kappa shape index (κ2) is 3.34. The van der Waals surface area contributed by atoms with E-state index in [9.17, 15) is 4.79 Å². The number of hydrogen-bond acceptors (Lipinski definition) is 4. The molecule has 0 fully saturated rings. The van der Waals surface area contributed by atoms with E-state index in [4.69, 9.17) is 4.52 Å². The molecule has 0 aliphatic carbocycles. The molecule has 0 aliphatic rings. The predicted molar refractivity (Wildman–Crippen MR) is 41.8 cm³/mol. The number of rotatable bonds is 2. The Hall–Kier alpha value is -1.39. The summed E-state index contributed by atoms with van der Waals surface area (Å²) in [7, 11) is 1.52. The molecule has 0 saturated carbocycles. The van der Waals surface area contributed by atoms with E-state index >= 15 is 0 Å². The van der Waals surface area contributed by atoms with Gasteiger partial charge >= 0.3 is 11.8 Å². The van der Waals surface area contributed by atoms with Gasteiger partial charge in [-0.25, -0.2) is 0 Å².